The third-order valence-electron chi connectivity index (χ3n) is 5.06. The molecule has 0 atom stereocenters. The number of benzene rings is 1. The maximum atomic E-state index is 4.50. The summed E-state index contributed by atoms with van der Waals surface area (Å²) in [6.07, 6.45) is 3.45. The maximum Gasteiger partial charge on any atom is 0.191 e. The van der Waals surface area contributed by atoms with E-state index >= 15 is 0 Å². The molecule has 0 aliphatic heterocycles. The second kappa shape index (κ2) is 9.91. The molecule has 2 aromatic rings. The molecule has 3 rings (SSSR count). The van der Waals surface area contributed by atoms with E-state index in [1.54, 1.807) is 0 Å². The molecule has 1 fully saturated rings. The van der Waals surface area contributed by atoms with Crippen LogP contribution >= 0.6 is 39.9 Å². The summed E-state index contributed by atoms with van der Waals surface area (Å²) in [4.78, 5) is 4.36. The second-order valence-corrected chi connectivity index (χ2v) is 7.97. The molecule has 0 radical (unpaired) electrons. The molecule has 27 heavy (non-hydrogen) atoms. The molecule has 1 aliphatic rings. The van der Waals surface area contributed by atoms with E-state index in [9.17, 15) is 0 Å². The number of rotatable bonds is 7. The van der Waals surface area contributed by atoms with Gasteiger partial charge in [0.25, 0.3) is 0 Å². The van der Waals surface area contributed by atoms with Gasteiger partial charge in [0.1, 0.15) is 0 Å². The van der Waals surface area contributed by atoms with Gasteiger partial charge in [-0.25, -0.2) is 0 Å². The van der Waals surface area contributed by atoms with Crippen LogP contribution in [0.15, 0.2) is 39.8 Å². The zero-order chi connectivity index (χ0) is 18.6. The Kier molecular flexibility index (Phi) is 8.15. The zero-order valence-electron chi connectivity index (χ0n) is 16.3. The van der Waals surface area contributed by atoms with Gasteiger partial charge in [-0.3, -0.25) is 9.67 Å². The summed E-state index contributed by atoms with van der Waals surface area (Å²) in [5.41, 5.74) is 3.93. The number of aryl methyl sites for hydroxylation is 3. The van der Waals surface area contributed by atoms with Crippen LogP contribution in [-0.4, -0.2) is 35.9 Å². The summed E-state index contributed by atoms with van der Waals surface area (Å²) < 4.78 is 3.27. The molecular weight excluding hydrogens is 517 g/mol. The van der Waals surface area contributed by atoms with Crippen LogP contribution < -0.4 is 10.6 Å². The lowest BCUT2D eigenvalue weighted by molar-refractivity contribution is 0.553. The molecule has 0 spiro atoms. The average Bonchev–Trinajstić information content (AvgIpc) is 3.34. The van der Waals surface area contributed by atoms with Gasteiger partial charge in [-0.05, 0) is 50.8 Å². The Morgan fingerprint density at radius 1 is 1.26 bits per heavy atom. The monoisotopic (exact) mass is 545 g/mol. The Balaban J connectivity index is 0.00000261. The number of hydrogen-bond donors (Lipinski definition) is 2. The fourth-order valence-electron chi connectivity index (χ4n) is 3.39. The zero-order valence-corrected chi connectivity index (χ0v) is 20.2. The van der Waals surface area contributed by atoms with Crippen molar-refractivity contribution in [2.24, 2.45) is 4.99 Å². The fraction of sp³-hybridized carbons (Fsp3) is 0.500. The molecule has 7 heteroatoms. The van der Waals surface area contributed by atoms with E-state index in [4.69, 9.17) is 0 Å². The molecular formula is C20H29BrIN5. The van der Waals surface area contributed by atoms with Gasteiger partial charge in [-0.15, -0.1) is 24.0 Å². The summed E-state index contributed by atoms with van der Waals surface area (Å²) >= 11 is 3.70. The molecule has 1 aliphatic carbocycles. The van der Waals surface area contributed by atoms with Crippen LogP contribution in [0.25, 0.3) is 0 Å². The molecule has 0 amide bonds. The Hall–Kier alpha value is -1.09. The van der Waals surface area contributed by atoms with E-state index in [0.717, 1.165) is 37.7 Å². The predicted octanol–water partition coefficient (Wildman–Crippen LogP) is 4.17. The number of halogens is 2. The van der Waals surface area contributed by atoms with Crippen LogP contribution in [0.4, 0.5) is 0 Å². The van der Waals surface area contributed by atoms with Gasteiger partial charge in [0.05, 0.1) is 5.69 Å². The lowest BCUT2D eigenvalue weighted by Gasteiger charge is -2.20. The first-order chi connectivity index (χ1) is 12.5. The van der Waals surface area contributed by atoms with Crippen LogP contribution in [0.2, 0.25) is 0 Å². The van der Waals surface area contributed by atoms with Crippen LogP contribution in [0, 0.1) is 13.8 Å². The largest absolute Gasteiger partial charge is 0.356 e. The van der Waals surface area contributed by atoms with Crippen molar-refractivity contribution >= 4 is 45.9 Å². The van der Waals surface area contributed by atoms with E-state index in [0.29, 0.717) is 0 Å². The van der Waals surface area contributed by atoms with Crippen LogP contribution in [-0.2, 0) is 12.0 Å². The summed E-state index contributed by atoms with van der Waals surface area (Å²) in [7, 11) is 1.83. The van der Waals surface area contributed by atoms with Gasteiger partial charge in [-0.2, -0.15) is 5.10 Å². The molecule has 1 heterocycles. The van der Waals surface area contributed by atoms with Gasteiger partial charge in [0.2, 0.25) is 0 Å². The Labute approximate surface area is 187 Å². The van der Waals surface area contributed by atoms with E-state index in [-0.39, 0.29) is 29.4 Å². The molecule has 1 saturated carbocycles. The lowest BCUT2D eigenvalue weighted by atomic mass is 9.96. The number of aromatic nitrogens is 2. The predicted molar refractivity (Wildman–Crippen MR) is 126 cm³/mol. The fourth-order valence-corrected chi connectivity index (χ4v) is 4.10. The Morgan fingerprint density at radius 2 is 2.00 bits per heavy atom. The molecule has 0 bridgehead atoms. The first-order valence-corrected chi connectivity index (χ1v) is 10.0. The Morgan fingerprint density at radius 3 is 2.59 bits per heavy atom. The van der Waals surface area contributed by atoms with Crippen molar-refractivity contribution in [3.05, 3.63) is 51.8 Å². The number of nitrogens with one attached hydrogen (secondary N) is 2. The highest BCUT2D eigenvalue weighted by Gasteiger charge is 2.45. The highest BCUT2D eigenvalue weighted by atomic mass is 127. The molecule has 5 nitrogen and oxygen atoms in total. The molecule has 1 aromatic carbocycles. The SMILES string of the molecule is CN=C(NCCCn1nc(C)cc1C)NCC1(c2ccccc2Br)CC1.I. The van der Waals surface area contributed by atoms with Crippen molar-refractivity contribution in [1.29, 1.82) is 0 Å². The summed E-state index contributed by atoms with van der Waals surface area (Å²) in [5.74, 6) is 0.872. The van der Waals surface area contributed by atoms with E-state index in [2.05, 4.69) is 78.6 Å². The topological polar surface area (TPSA) is 54.2 Å². The number of guanidine groups is 1. The average molecular weight is 546 g/mol. The minimum Gasteiger partial charge on any atom is -0.356 e. The smallest absolute Gasteiger partial charge is 0.191 e. The highest BCUT2D eigenvalue weighted by Crippen LogP contribution is 2.49. The van der Waals surface area contributed by atoms with Crippen LogP contribution in [0.5, 0.6) is 0 Å². The number of nitrogens with zero attached hydrogens (tertiary/aromatic N) is 3. The standard InChI is InChI=1S/C20H28BrN5.HI/c1-15-13-16(2)26(25-15)12-6-11-23-19(22-3)24-14-20(9-10-20)17-7-4-5-8-18(17)21;/h4-5,7-8,13H,6,9-12,14H2,1-3H3,(H2,22,23,24);1H. The maximum absolute atomic E-state index is 4.50. The normalized spacial score (nSPS) is 15.2. The number of hydrogen-bond acceptors (Lipinski definition) is 2. The van der Waals surface area contributed by atoms with Crippen LogP contribution in [0.1, 0.15) is 36.2 Å². The minimum absolute atomic E-state index is 0. The lowest BCUT2D eigenvalue weighted by Crippen LogP contribution is -2.41. The summed E-state index contributed by atoms with van der Waals surface area (Å²) in [6.45, 7) is 6.84. The van der Waals surface area contributed by atoms with Crippen molar-refractivity contribution in [3.8, 4) is 0 Å². The van der Waals surface area contributed by atoms with Crippen molar-refractivity contribution in [2.75, 3.05) is 20.1 Å². The van der Waals surface area contributed by atoms with Crippen molar-refractivity contribution < 1.29 is 0 Å². The van der Waals surface area contributed by atoms with E-state index in [1.807, 2.05) is 14.0 Å². The molecule has 148 valence electrons. The van der Waals surface area contributed by atoms with E-state index < -0.39 is 0 Å². The Bertz CT molecular complexity index is 782. The first-order valence-electron chi connectivity index (χ1n) is 9.25. The van der Waals surface area contributed by atoms with E-state index in [1.165, 1.54) is 28.6 Å². The molecule has 0 saturated heterocycles. The van der Waals surface area contributed by atoms with Gasteiger partial charge < -0.3 is 10.6 Å². The van der Waals surface area contributed by atoms with Crippen LogP contribution in [0.3, 0.4) is 0 Å². The second-order valence-electron chi connectivity index (χ2n) is 7.12. The van der Waals surface area contributed by atoms with Gasteiger partial charge in [-0.1, -0.05) is 34.1 Å². The first kappa shape index (κ1) is 22.2. The third-order valence-corrected chi connectivity index (χ3v) is 5.75. The van der Waals surface area contributed by atoms with Crippen molar-refractivity contribution in [3.63, 3.8) is 0 Å². The quantitative estimate of drug-likeness (QED) is 0.238. The summed E-state index contributed by atoms with van der Waals surface area (Å²) in [5, 5.41) is 11.4. The molecule has 1 aromatic heterocycles. The molecule has 0 unspecified atom stereocenters. The minimum atomic E-state index is 0. The van der Waals surface area contributed by atoms with Crippen molar-refractivity contribution in [2.45, 2.75) is 45.1 Å². The highest BCUT2D eigenvalue weighted by molar-refractivity contribution is 14.0. The molecule has 2 N–H and O–H groups in total. The van der Waals surface area contributed by atoms with Gasteiger partial charge in [0, 0.05) is 42.3 Å². The van der Waals surface area contributed by atoms with Crippen molar-refractivity contribution in [1.82, 2.24) is 20.4 Å². The van der Waals surface area contributed by atoms with Gasteiger partial charge >= 0.3 is 0 Å². The number of aliphatic imine (C=N–C) groups is 1. The third kappa shape index (κ3) is 5.70. The van der Waals surface area contributed by atoms with Gasteiger partial charge in [0.15, 0.2) is 5.96 Å². The summed E-state index contributed by atoms with van der Waals surface area (Å²) in [6, 6.07) is 10.7.